The minimum atomic E-state index is -0.696. The van der Waals surface area contributed by atoms with Crippen LogP contribution in [-0.4, -0.2) is 13.1 Å². The van der Waals surface area contributed by atoms with Gasteiger partial charge in [0.05, 0.1) is 7.11 Å². The zero-order valence-electron chi connectivity index (χ0n) is 9.17. The Balaban J connectivity index is 2.45. The molecule has 2 aromatic rings. The van der Waals surface area contributed by atoms with Gasteiger partial charge in [-0.1, -0.05) is 30.3 Å². The molecule has 0 saturated heterocycles. The van der Waals surface area contributed by atoms with Gasteiger partial charge < -0.3 is 9.15 Å². The Labute approximate surface area is 97.5 Å². The van der Waals surface area contributed by atoms with Gasteiger partial charge in [0, 0.05) is 11.6 Å². The van der Waals surface area contributed by atoms with Gasteiger partial charge in [-0.05, 0) is 0 Å². The maximum Gasteiger partial charge on any atom is 0.345 e. The van der Waals surface area contributed by atoms with Gasteiger partial charge in [0.25, 0.3) is 0 Å². The van der Waals surface area contributed by atoms with E-state index >= 15 is 0 Å². The predicted molar refractivity (Wildman–Crippen MR) is 61.8 cm³/mol. The lowest BCUT2D eigenvalue weighted by atomic mass is 10.1. The van der Waals surface area contributed by atoms with Gasteiger partial charge in [-0.2, -0.15) is 0 Å². The van der Waals surface area contributed by atoms with Gasteiger partial charge >= 0.3 is 5.97 Å². The fraction of sp³-hybridized carbons (Fsp3) is 0.0769. The van der Waals surface area contributed by atoms with Gasteiger partial charge in [0.2, 0.25) is 0 Å². The van der Waals surface area contributed by atoms with Gasteiger partial charge in [-0.15, -0.1) is 0 Å². The molecular weight excluding hydrogens is 220 g/mol. The van der Waals surface area contributed by atoms with Gasteiger partial charge in [0.15, 0.2) is 5.43 Å². The molecule has 4 heteroatoms. The molecule has 17 heavy (non-hydrogen) atoms. The van der Waals surface area contributed by atoms with E-state index in [1.165, 1.54) is 13.2 Å². The van der Waals surface area contributed by atoms with Gasteiger partial charge in [-0.25, -0.2) is 4.79 Å². The van der Waals surface area contributed by atoms with Crippen molar-refractivity contribution in [3.8, 4) is 11.3 Å². The van der Waals surface area contributed by atoms with Crippen LogP contribution < -0.4 is 5.43 Å². The zero-order chi connectivity index (χ0) is 12.3. The molecule has 4 nitrogen and oxygen atoms in total. The smallest absolute Gasteiger partial charge is 0.345 e. The molecule has 0 bridgehead atoms. The van der Waals surface area contributed by atoms with Crippen LogP contribution in [0.25, 0.3) is 11.3 Å². The molecule has 0 amide bonds. The summed E-state index contributed by atoms with van der Waals surface area (Å²) in [7, 11) is 1.22. The second kappa shape index (κ2) is 4.65. The first kappa shape index (κ1) is 11.1. The normalized spacial score (nSPS) is 9.94. The number of rotatable bonds is 2. The van der Waals surface area contributed by atoms with Crippen molar-refractivity contribution in [2.45, 2.75) is 0 Å². The number of carbonyl (C=O) groups is 1. The van der Waals surface area contributed by atoms with Crippen LogP contribution in [0.5, 0.6) is 0 Å². The minimum Gasteiger partial charge on any atom is -0.465 e. The molecule has 0 atom stereocenters. The summed E-state index contributed by atoms with van der Waals surface area (Å²) < 4.78 is 9.71. The molecule has 0 fully saturated rings. The van der Waals surface area contributed by atoms with Crippen molar-refractivity contribution in [3.05, 3.63) is 58.4 Å². The number of hydrogen-bond donors (Lipinski definition) is 0. The summed E-state index contributed by atoms with van der Waals surface area (Å²) in [4.78, 5) is 22.9. The van der Waals surface area contributed by atoms with Crippen LogP contribution in [0.2, 0.25) is 0 Å². The number of methoxy groups -OCH3 is 1. The monoisotopic (exact) mass is 230 g/mol. The lowest BCUT2D eigenvalue weighted by Gasteiger charge is -2.01. The molecule has 1 aromatic carbocycles. The Bertz CT molecular complexity index is 584. The molecule has 0 aliphatic heterocycles. The van der Waals surface area contributed by atoms with E-state index in [0.717, 1.165) is 11.8 Å². The lowest BCUT2D eigenvalue weighted by Crippen LogP contribution is -2.14. The fourth-order valence-corrected chi connectivity index (χ4v) is 1.42. The van der Waals surface area contributed by atoms with E-state index in [4.69, 9.17) is 4.42 Å². The fourth-order valence-electron chi connectivity index (χ4n) is 1.42. The molecule has 2 rings (SSSR count). The highest BCUT2D eigenvalue weighted by atomic mass is 16.5. The van der Waals surface area contributed by atoms with E-state index in [1.807, 2.05) is 30.3 Å². The number of ether oxygens (including phenoxy) is 1. The Morgan fingerprint density at radius 3 is 2.53 bits per heavy atom. The van der Waals surface area contributed by atoms with Gasteiger partial charge in [-0.3, -0.25) is 4.79 Å². The van der Waals surface area contributed by atoms with Crippen molar-refractivity contribution in [1.29, 1.82) is 0 Å². The highest BCUT2D eigenvalue weighted by molar-refractivity contribution is 5.88. The summed E-state index contributed by atoms with van der Waals surface area (Å²) in [5, 5.41) is 0. The molecule has 0 spiro atoms. The third-order valence-electron chi connectivity index (χ3n) is 2.30. The number of carbonyl (C=O) groups excluding carboxylic acids is 1. The molecule has 1 heterocycles. The second-order valence-corrected chi connectivity index (χ2v) is 3.38. The highest BCUT2D eigenvalue weighted by Crippen LogP contribution is 2.17. The summed E-state index contributed by atoms with van der Waals surface area (Å²) in [5.41, 5.74) is 0.259. The lowest BCUT2D eigenvalue weighted by molar-refractivity contribution is 0.0596. The van der Waals surface area contributed by atoms with Crippen molar-refractivity contribution in [2.24, 2.45) is 0 Å². The zero-order valence-corrected chi connectivity index (χ0v) is 9.17. The second-order valence-electron chi connectivity index (χ2n) is 3.38. The standard InChI is InChI=1S/C13H10O4/c1-16-13(15)10-8-17-12(7-11(10)14)9-5-3-2-4-6-9/h2-8H,1H3. The molecule has 86 valence electrons. The summed E-state index contributed by atoms with van der Waals surface area (Å²) in [6.45, 7) is 0. The van der Waals surface area contributed by atoms with E-state index in [-0.39, 0.29) is 5.56 Å². The third kappa shape index (κ3) is 2.25. The Hall–Kier alpha value is -2.36. The van der Waals surface area contributed by atoms with Crippen LogP contribution in [0.3, 0.4) is 0 Å². The van der Waals surface area contributed by atoms with Crippen LogP contribution in [0, 0.1) is 0 Å². The van der Waals surface area contributed by atoms with E-state index in [0.29, 0.717) is 5.76 Å². The van der Waals surface area contributed by atoms with Crippen molar-refractivity contribution in [3.63, 3.8) is 0 Å². The predicted octanol–water partition coefficient (Wildman–Crippen LogP) is 2.09. The largest absolute Gasteiger partial charge is 0.465 e. The molecule has 0 aliphatic carbocycles. The van der Waals surface area contributed by atoms with Crippen LogP contribution in [0.1, 0.15) is 10.4 Å². The van der Waals surface area contributed by atoms with Crippen molar-refractivity contribution in [1.82, 2.24) is 0 Å². The molecule has 0 N–H and O–H groups in total. The Morgan fingerprint density at radius 1 is 1.24 bits per heavy atom. The topological polar surface area (TPSA) is 56.5 Å². The molecule has 1 aromatic heterocycles. The van der Waals surface area contributed by atoms with Crippen LogP contribution in [-0.2, 0) is 4.74 Å². The summed E-state index contributed by atoms with van der Waals surface area (Å²) >= 11 is 0. The molecular formula is C13H10O4. The first-order valence-corrected chi connectivity index (χ1v) is 4.99. The highest BCUT2D eigenvalue weighted by Gasteiger charge is 2.12. The molecule has 0 aliphatic rings. The summed E-state index contributed by atoms with van der Waals surface area (Å²) in [5.74, 6) is -0.276. The quantitative estimate of drug-likeness (QED) is 0.741. The van der Waals surface area contributed by atoms with E-state index in [9.17, 15) is 9.59 Å². The Morgan fingerprint density at radius 2 is 1.94 bits per heavy atom. The number of esters is 1. The van der Waals surface area contributed by atoms with E-state index < -0.39 is 11.4 Å². The molecule has 0 radical (unpaired) electrons. The van der Waals surface area contributed by atoms with Gasteiger partial charge in [0.1, 0.15) is 17.6 Å². The Kier molecular flexibility index (Phi) is 3.05. The molecule has 0 unspecified atom stereocenters. The van der Waals surface area contributed by atoms with Crippen LogP contribution in [0.15, 0.2) is 51.9 Å². The average Bonchev–Trinajstić information content (AvgIpc) is 2.39. The summed E-state index contributed by atoms with van der Waals surface area (Å²) in [6, 6.07) is 10.4. The van der Waals surface area contributed by atoms with Crippen LogP contribution >= 0.6 is 0 Å². The maximum absolute atomic E-state index is 11.7. The minimum absolute atomic E-state index is 0.104. The van der Waals surface area contributed by atoms with Crippen molar-refractivity contribution >= 4 is 5.97 Å². The maximum atomic E-state index is 11.7. The van der Waals surface area contributed by atoms with E-state index in [1.54, 1.807) is 0 Å². The first-order valence-electron chi connectivity index (χ1n) is 4.99. The first-order chi connectivity index (χ1) is 8.22. The van der Waals surface area contributed by atoms with Crippen molar-refractivity contribution in [2.75, 3.05) is 7.11 Å². The average molecular weight is 230 g/mol. The third-order valence-corrected chi connectivity index (χ3v) is 2.30. The van der Waals surface area contributed by atoms with Crippen molar-refractivity contribution < 1.29 is 13.9 Å². The number of benzene rings is 1. The molecule has 0 saturated carbocycles. The summed E-state index contributed by atoms with van der Waals surface area (Å²) in [6.07, 6.45) is 1.12. The SMILES string of the molecule is COC(=O)c1coc(-c2ccccc2)cc1=O. The van der Waals surface area contributed by atoms with E-state index in [2.05, 4.69) is 4.74 Å². The number of hydrogen-bond acceptors (Lipinski definition) is 4. The van der Waals surface area contributed by atoms with Crippen LogP contribution in [0.4, 0.5) is 0 Å².